The summed E-state index contributed by atoms with van der Waals surface area (Å²) >= 11 is 0. The number of aryl methyl sites for hydroxylation is 1. The number of nitrogens with one attached hydrogen (secondary N) is 1. The quantitative estimate of drug-likeness (QED) is 0.788. The average Bonchev–Trinajstić information content (AvgIpc) is 2.88. The number of hydrogen-bond donors (Lipinski definition) is 3. The maximum Gasteiger partial charge on any atom is 0.262 e. The molecule has 1 aliphatic rings. The molecular weight excluding hydrogens is 266 g/mol. The number of H-pyrrole nitrogens is 1. The lowest BCUT2D eigenvalue weighted by atomic mass is 9.97. The number of aromatic amines is 1. The van der Waals surface area contributed by atoms with Crippen LogP contribution in [-0.2, 0) is 5.54 Å². The first-order valence-electron chi connectivity index (χ1n) is 7.20. The second kappa shape index (κ2) is 5.00. The molecule has 0 spiro atoms. The fourth-order valence-electron chi connectivity index (χ4n) is 3.04. The Morgan fingerprint density at radius 1 is 1.29 bits per heavy atom. The highest BCUT2D eigenvalue weighted by molar-refractivity contribution is 5.70. The standard InChI is InChI=1S/C16H19N3O2/c1-10-6-2-3-7-11(10)12-13(20)18-15(19-14(12)21)16(17)8-4-5-9-16/h2-3,6-7H,4-5,8-9,17H2,1H3,(H2,18,19,20,21). The van der Waals surface area contributed by atoms with E-state index in [1.54, 1.807) is 6.07 Å². The zero-order chi connectivity index (χ0) is 15.0. The van der Waals surface area contributed by atoms with Crippen LogP contribution in [-0.4, -0.2) is 15.1 Å². The Balaban J connectivity index is 2.14. The van der Waals surface area contributed by atoms with Gasteiger partial charge in [0.05, 0.1) is 5.54 Å². The fraction of sp³-hybridized carbons (Fsp3) is 0.375. The molecule has 1 aliphatic carbocycles. The maximum atomic E-state index is 12.4. The van der Waals surface area contributed by atoms with Gasteiger partial charge >= 0.3 is 0 Å². The number of hydrogen-bond acceptors (Lipinski definition) is 4. The van der Waals surface area contributed by atoms with Crippen molar-refractivity contribution in [2.75, 3.05) is 0 Å². The van der Waals surface area contributed by atoms with E-state index >= 15 is 0 Å². The summed E-state index contributed by atoms with van der Waals surface area (Å²) in [5.74, 6) is 0.139. The van der Waals surface area contributed by atoms with Crippen molar-refractivity contribution in [2.24, 2.45) is 5.73 Å². The van der Waals surface area contributed by atoms with E-state index < -0.39 is 5.54 Å². The van der Waals surface area contributed by atoms with Crippen LogP contribution in [0.1, 0.15) is 37.1 Å². The molecule has 0 saturated heterocycles. The zero-order valence-electron chi connectivity index (χ0n) is 12.0. The van der Waals surface area contributed by atoms with E-state index in [9.17, 15) is 9.90 Å². The number of rotatable bonds is 2. The van der Waals surface area contributed by atoms with Crippen molar-refractivity contribution < 1.29 is 5.11 Å². The summed E-state index contributed by atoms with van der Waals surface area (Å²) in [6, 6.07) is 7.41. The third kappa shape index (κ3) is 2.34. The van der Waals surface area contributed by atoms with E-state index in [-0.39, 0.29) is 17.0 Å². The van der Waals surface area contributed by atoms with Crippen molar-refractivity contribution in [3.05, 3.63) is 46.0 Å². The first kappa shape index (κ1) is 13.8. The lowest BCUT2D eigenvalue weighted by molar-refractivity contribution is 0.402. The van der Waals surface area contributed by atoms with Crippen molar-refractivity contribution in [1.82, 2.24) is 9.97 Å². The number of aromatic nitrogens is 2. The molecule has 1 fully saturated rings. The van der Waals surface area contributed by atoms with Gasteiger partial charge in [-0.3, -0.25) is 4.79 Å². The molecule has 3 rings (SSSR count). The van der Waals surface area contributed by atoms with E-state index in [2.05, 4.69) is 9.97 Å². The summed E-state index contributed by atoms with van der Waals surface area (Å²) in [5, 5.41) is 10.2. The average molecular weight is 285 g/mol. The van der Waals surface area contributed by atoms with Crippen LogP contribution in [0.2, 0.25) is 0 Å². The number of nitrogens with two attached hydrogens (primary N) is 1. The molecule has 1 heterocycles. The molecule has 21 heavy (non-hydrogen) atoms. The second-order valence-electron chi connectivity index (χ2n) is 5.79. The lowest BCUT2D eigenvalue weighted by Crippen LogP contribution is -2.37. The Kier molecular flexibility index (Phi) is 3.29. The molecule has 0 radical (unpaired) electrons. The van der Waals surface area contributed by atoms with Gasteiger partial charge in [0.25, 0.3) is 5.56 Å². The van der Waals surface area contributed by atoms with Crippen molar-refractivity contribution in [2.45, 2.75) is 38.1 Å². The van der Waals surface area contributed by atoms with Gasteiger partial charge < -0.3 is 15.8 Å². The van der Waals surface area contributed by atoms with Gasteiger partial charge in [-0.2, -0.15) is 4.98 Å². The number of aromatic hydroxyl groups is 1. The second-order valence-corrected chi connectivity index (χ2v) is 5.79. The minimum absolute atomic E-state index is 0.207. The highest BCUT2D eigenvalue weighted by atomic mass is 16.3. The summed E-state index contributed by atoms with van der Waals surface area (Å²) in [6.07, 6.45) is 3.58. The molecule has 4 N–H and O–H groups in total. The van der Waals surface area contributed by atoms with Crippen LogP contribution >= 0.6 is 0 Å². The molecule has 0 unspecified atom stereocenters. The normalized spacial score (nSPS) is 17.0. The van der Waals surface area contributed by atoms with Gasteiger partial charge in [0, 0.05) is 0 Å². The van der Waals surface area contributed by atoms with Gasteiger partial charge in [0.2, 0.25) is 5.88 Å². The fourth-order valence-corrected chi connectivity index (χ4v) is 3.04. The Morgan fingerprint density at radius 2 is 1.95 bits per heavy atom. The van der Waals surface area contributed by atoms with Gasteiger partial charge in [0.1, 0.15) is 11.4 Å². The molecule has 110 valence electrons. The lowest BCUT2D eigenvalue weighted by Gasteiger charge is -2.22. The first-order chi connectivity index (χ1) is 10.0. The van der Waals surface area contributed by atoms with Crippen LogP contribution in [0, 0.1) is 6.92 Å². The molecular formula is C16H19N3O2. The molecule has 0 amide bonds. The minimum atomic E-state index is -0.624. The Morgan fingerprint density at radius 3 is 2.57 bits per heavy atom. The van der Waals surface area contributed by atoms with Crippen molar-refractivity contribution in [3.63, 3.8) is 0 Å². The van der Waals surface area contributed by atoms with Crippen LogP contribution in [0.4, 0.5) is 0 Å². The summed E-state index contributed by atoms with van der Waals surface area (Å²) in [6.45, 7) is 1.89. The molecule has 0 bridgehead atoms. The molecule has 0 aliphatic heterocycles. The monoisotopic (exact) mass is 285 g/mol. The van der Waals surface area contributed by atoms with Gasteiger partial charge in [-0.05, 0) is 30.9 Å². The smallest absolute Gasteiger partial charge is 0.262 e. The summed E-state index contributed by atoms with van der Waals surface area (Å²) in [5.41, 5.74) is 7.13. The summed E-state index contributed by atoms with van der Waals surface area (Å²) in [4.78, 5) is 19.4. The molecule has 5 heteroatoms. The van der Waals surface area contributed by atoms with Crippen LogP contribution in [0.5, 0.6) is 5.88 Å². The first-order valence-corrected chi connectivity index (χ1v) is 7.20. The Hall–Kier alpha value is -2.14. The van der Waals surface area contributed by atoms with Gasteiger partial charge in [-0.1, -0.05) is 37.1 Å². The van der Waals surface area contributed by atoms with E-state index in [0.717, 1.165) is 31.2 Å². The zero-order valence-corrected chi connectivity index (χ0v) is 12.0. The van der Waals surface area contributed by atoms with E-state index in [0.29, 0.717) is 11.4 Å². The van der Waals surface area contributed by atoms with Crippen LogP contribution in [0.25, 0.3) is 11.1 Å². The third-order valence-electron chi connectivity index (χ3n) is 4.28. The van der Waals surface area contributed by atoms with Crippen molar-refractivity contribution in [3.8, 4) is 17.0 Å². The van der Waals surface area contributed by atoms with Gasteiger partial charge in [-0.25, -0.2) is 0 Å². The van der Waals surface area contributed by atoms with E-state index in [1.165, 1.54) is 0 Å². The predicted octanol–water partition coefficient (Wildman–Crippen LogP) is 2.18. The molecule has 1 saturated carbocycles. The molecule has 5 nitrogen and oxygen atoms in total. The number of nitrogens with zero attached hydrogens (tertiary/aromatic N) is 1. The van der Waals surface area contributed by atoms with E-state index in [4.69, 9.17) is 5.73 Å². The molecule has 2 aromatic rings. The van der Waals surface area contributed by atoms with Crippen LogP contribution < -0.4 is 11.3 Å². The number of benzene rings is 1. The SMILES string of the molecule is Cc1ccccc1-c1c(O)nc(C2(N)CCCC2)[nH]c1=O. The maximum absolute atomic E-state index is 12.4. The largest absolute Gasteiger partial charge is 0.493 e. The van der Waals surface area contributed by atoms with Gasteiger partial charge in [-0.15, -0.1) is 0 Å². The highest BCUT2D eigenvalue weighted by Crippen LogP contribution is 2.35. The van der Waals surface area contributed by atoms with Crippen LogP contribution in [0.15, 0.2) is 29.1 Å². The van der Waals surface area contributed by atoms with Crippen molar-refractivity contribution >= 4 is 0 Å². The highest BCUT2D eigenvalue weighted by Gasteiger charge is 2.34. The third-order valence-corrected chi connectivity index (χ3v) is 4.28. The van der Waals surface area contributed by atoms with Gasteiger partial charge in [0.15, 0.2) is 0 Å². The van der Waals surface area contributed by atoms with E-state index in [1.807, 2.05) is 25.1 Å². The van der Waals surface area contributed by atoms with Crippen LogP contribution in [0.3, 0.4) is 0 Å². The summed E-state index contributed by atoms with van der Waals surface area (Å²) < 4.78 is 0. The minimum Gasteiger partial charge on any atom is -0.493 e. The molecule has 0 atom stereocenters. The Bertz CT molecular complexity index is 731. The molecule has 1 aromatic carbocycles. The predicted molar refractivity (Wildman–Crippen MR) is 81.0 cm³/mol. The summed E-state index contributed by atoms with van der Waals surface area (Å²) in [7, 11) is 0. The molecule has 1 aromatic heterocycles. The van der Waals surface area contributed by atoms with Crippen molar-refractivity contribution in [1.29, 1.82) is 0 Å². The Labute approximate surface area is 122 Å². The topological polar surface area (TPSA) is 92.0 Å².